The Labute approximate surface area is 284 Å². The Kier molecular flexibility index (Phi) is 14.5. The van der Waals surface area contributed by atoms with Gasteiger partial charge >= 0.3 is 11.9 Å². The van der Waals surface area contributed by atoms with Crippen LogP contribution in [0.1, 0.15) is 76.3 Å². The zero-order valence-corrected chi connectivity index (χ0v) is 28.7. The van der Waals surface area contributed by atoms with E-state index in [2.05, 4.69) is 51.3 Å². The summed E-state index contributed by atoms with van der Waals surface area (Å²) in [4.78, 5) is 26.8. The third-order valence-corrected chi connectivity index (χ3v) is 9.27. The van der Waals surface area contributed by atoms with Crippen molar-refractivity contribution in [3.63, 3.8) is 0 Å². The molecule has 0 aromatic heterocycles. The zero-order chi connectivity index (χ0) is 33.4. The minimum Gasteiger partial charge on any atom is -0.489 e. The SMILES string of the molecule is C=CC(=O)OC(CCCCC)COc1c2c(c(OCC(CCCCC)OC(=O)C=C)c3ccccc13)CC(Sc1ccccc1)=CC2. The molecule has 2 unspecified atom stereocenters. The summed E-state index contributed by atoms with van der Waals surface area (Å²) in [6.07, 6.45) is 12.8. The number of carbonyl (C=O) groups excluding carboxylic acids is 2. The van der Waals surface area contributed by atoms with Crippen molar-refractivity contribution < 1.29 is 28.5 Å². The Morgan fingerprint density at radius 2 is 1.26 bits per heavy atom. The molecule has 0 saturated heterocycles. The Morgan fingerprint density at radius 1 is 0.745 bits per heavy atom. The normalized spacial score (nSPS) is 13.5. The second-order valence-electron chi connectivity index (χ2n) is 11.8. The lowest BCUT2D eigenvalue weighted by Gasteiger charge is -2.27. The third-order valence-electron chi connectivity index (χ3n) is 8.19. The van der Waals surface area contributed by atoms with Gasteiger partial charge in [0.2, 0.25) is 0 Å². The van der Waals surface area contributed by atoms with Crippen LogP contribution in [-0.4, -0.2) is 37.4 Å². The van der Waals surface area contributed by atoms with Gasteiger partial charge in [-0.2, -0.15) is 0 Å². The van der Waals surface area contributed by atoms with E-state index in [0.29, 0.717) is 19.3 Å². The third kappa shape index (κ3) is 10.5. The first-order valence-corrected chi connectivity index (χ1v) is 17.7. The fraction of sp³-hybridized carbons (Fsp3) is 0.400. The molecule has 0 saturated carbocycles. The predicted octanol–water partition coefficient (Wildman–Crippen LogP) is 9.73. The van der Waals surface area contributed by atoms with E-state index >= 15 is 0 Å². The van der Waals surface area contributed by atoms with Crippen molar-refractivity contribution in [2.45, 2.75) is 95.2 Å². The molecule has 3 aromatic rings. The van der Waals surface area contributed by atoms with Crippen LogP contribution < -0.4 is 9.47 Å². The smallest absolute Gasteiger partial charge is 0.330 e. The molecule has 0 spiro atoms. The molecule has 0 fully saturated rings. The van der Waals surface area contributed by atoms with Crippen molar-refractivity contribution >= 4 is 34.5 Å². The van der Waals surface area contributed by atoms with Crippen LogP contribution in [0.2, 0.25) is 0 Å². The van der Waals surface area contributed by atoms with Gasteiger partial charge in [-0.05, 0) is 49.1 Å². The summed E-state index contributed by atoms with van der Waals surface area (Å²) < 4.78 is 24.8. The molecule has 7 heteroatoms. The van der Waals surface area contributed by atoms with Gasteiger partial charge in [-0.3, -0.25) is 0 Å². The largest absolute Gasteiger partial charge is 0.489 e. The van der Waals surface area contributed by atoms with Gasteiger partial charge in [0.25, 0.3) is 0 Å². The van der Waals surface area contributed by atoms with Crippen LogP contribution in [-0.2, 0) is 31.9 Å². The van der Waals surface area contributed by atoms with Crippen molar-refractivity contribution in [2.75, 3.05) is 13.2 Å². The second kappa shape index (κ2) is 19.0. The molecule has 0 aliphatic heterocycles. The van der Waals surface area contributed by atoms with E-state index in [1.54, 1.807) is 11.8 Å². The van der Waals surface area contributed by atoms with Crippen LogP contribution in [0.25, 0.3) is 10.8 Å². The summed E-state index contributed by atoms with van der Waals surface area (Å²) >= 11 is 1.75. The molecule has 0 heterocycles. The summed E-state index contributed by atoms with van der Waals surface area (Å²) in [6, 6.07) is 18.5. The molecule has 6 nitrogen and oxygen atoms in total. The molecule has 3 aromatic carbocycles. The lowest BCUT2D eigenvalue weighted by atomic mass is 9.90. The number of fused-ring (bicyclic) bond motifs is 2. The summed E-state index contributed by atoms with van der Waals surface area (Å²) in [6.45, 7) is 11.9. The van der Waals surface area contributed by atoms with Crippen molar-refractivity contribution in [3.8, 4) is 11.5 Å². The average molecular weight is 657 g/mol. The predicted molar refractivity (Wildman–Crippen MR) is 191 cm³/mol. The first kappa shape index (κ1) is 35.9. The number of rotatable bonds is 20. The Hall–Kier alpha value is -3.97. The number of carbonyl (C=O) groups is 2. The van der Waals surface area contributed by atoms with Gasteiger partial charge < -0.3 is 18.9 Å². The van der Waals surface area contributed by atoms with E-state index in [0.717, 1.165) is 78.3 Å². The van der Waals surface area contributed by atoms with E-state index < -0.39 is 18.0 Å². The monoisotopic (exact) mass is 656 g/mol. The molecule has 250 valence electrons. The maximum atomic E-state index is 12.2. The quantitative estimate of drug-likeness (QED) is 0.0681. The van der Waals surface area contributed by atoms with E-state index in [1.165, 1.54) is 22.0 Å². The number of allylic oxidation sites excluding steroid dienone is 2. The standard InChI is InChI=1S/C40H48O6S/c1-5-9-12-18-29(45-37(41)7-3)27-43-39-33-22-16-17-23-34(33)40(44-28-30(19-13-10-6-2)46-38(42)8-4)36-26-32(24-25-35(36)39)47-31-20-14-11-15-21-31/h7-8,11,14-17,20-24,29-30H,3-6,9-10,12-13,18-19,25-28H2,1-2H3. The molecule has 1 aliphatic rings. The minimum atomic E-state index is -0.444. The van der Waals surface area contributed by atoms with Gasteiger partial charge in [0.15, 0.2) is 0 Å². The summed E-state index contributed by atoms with van der Waals surface area (Å²) in [5, 5.41) is 1.86. The number of hydrogen-bond donors (Lipinski definition) is 0. The number of esters is 2. The van der Waals surface area contributed by atoms with Crippen molar-refractivity contribution in [1.29, 1.82) is 0 Å². The first-order chi connectivity index (χ1) is 23.0. The van der Waals surface area contributed by atoms with E-state index in [4.69, 9.17) is 18.9 Å². The van der Waals surface area contributed by atoms with E-state index in [-0.39, 0.29) is 19.3 Å². The van der Waals surface area contributed by atoms with Crippen LogP contribution in [0.5, 0.6) is 11.5 Å². The van der Waals surface area contributed by atoms with Gasteiger partial charge in [-0.1, -0.05) is 113 Å². The van der Waals surface area contributed by atoms with Crippen LogP contribution >= 0.6 is 11.8 Å². The number of unbranched alkanes of at least 4 members (excludes halogenated alkanes) is 4. The van der Waals surface area contributed by atoms with Gasteiger partial charge in [-0.15, -0.1) is 0 Å². The average Bonchev–Trinajstić information content (AvgIpc) is 3.09. The number of hydrogen-bond acceptors (Lipinski definition) is 7. The van der Waals surface area contributed by atoms with Crippen molar-refractivity contribution in [1.82, 2.24) is 0 Å². The Morgan fingerprint density at radius 3 is 1.77 bits per heavy atom. The molecule has 0 bridgehead atoms. The van der Waals surface area contributed by atoms with Gasteiger partial charge in [0.05, 0.1) is 0 Å². The lowest BCUT2D eigenvalue weighted by Crippen LogP contribution is -2.26. The Bertz CT molecular complexity index is 1530. The molecule has 1 aliphatic carbocycles. The Balaban J connectivity index is 1.71. The van der Waals surface area contributed by atoms with Gasteiger partial charge in [-0.25, -0.2) is 9.59 Å². The van der Waals surface area contributed by atoms with Crippen molar-refractivity contribution in [3.05, 3.63) is 102 Å². The topological polar surface area (TPSA) is 71.1 Å². The number of benzene rings is 3. The zero-order valence-electron chi connectivity index (χ0n) is 27.8. The summed E-state index contributed by atoms with van der Waals surface area (Å²) in [5.74, 6) is 0.688. The fourth-order valence-corrected chi connectivity index (χ4v) is 6.74. The second-order valence-corrected chi connectivity index (χ2v) is 13.0. The van der Waals surface area contributed by atoms with Gasteiger partial charge in [0, 0.05) is 45.4 Å². The molecule has 4 rings (SSSR count). The highest BCUT2D eigenvalue weighted by Gasteiger charge is 2.27. The molecule has 0 radical (unpaired) electrons. The first-order valence-electron chi connectivity index (χ1n) is 16.9. The van der Waals surface area contributed by atoms with Crippen LogP contribution in [0, 0.1) is 0 Å². The van der Waals surface area contributed by atoms with Crippen molar-refractivity contribution in [2.24, 2.45) is 0 Å². The molecule has 0 N–H and O–H groups in total. The van der Waals surface area contributed by atoms with E-state index in [1.807, 2.05) is 36.4 Å². The summed E-state index contributed by atoms with van der Waals surface area (Å²) in [7, 11) is 0. The van der Waals surface area contributed by atoms with Crippen LogP contribution in [0.4, 0.5) is 0 Å². The summed E-state index contributed by atoms with van der Waals surface area (Å²) in [5.41, 5.74) is 2.12. The molecule has 47 heavy (non-hydrogen) atoms. The molecule has 0 amide bonds. The fourth-order valence-electron chi connectivity index (χ4n) is 5.76. The lowest BCUT2D eigenvalue weighted by molar-refractivity contribution is -0.145. The molecular weight excluding hydrogens is 609 g/mol. The van der Waals surface area contributed by atoms with Crippen LogP contribution in [0.15, 0.2) is 95.8 Å². The number of thioether (sulfide) groups is 1. The molecular formula is C40H48O6S. The van der Waals surface area contributed by atoms with Gasteiger partial charge in [0.1, 0.15) is 36.9 Å². The minimum absolute atomic E-state index is 0.238. The molecule has 2 atom stereocenters. The highest BCUT2D eigenvalue weighted by Crippen LogP contribution is 2.46. The van der Waals surface area contributed by atoms with Crippen LogP contribution in [0.3, 0.4) is 0 Å². The van der Waals surface area contributed by atoms with E-state index in [9.17, 15) is 9.59 Å². The number of ether oxygens (including phenoxy) is 4. The highest BCUT2D eigenvalue weighted by atomic mass is 32.2. The maximum Gasteiger partial charge on any atom is 0.330 e. The highest BCUT2D eigenvalue weighted by molar-refractivity contribution is 8.03. The maximum absolute atomic E-state index is 12.2.